The minimum Gasteiger partial charge on any atom is -0.497 e. The fraction of sp³-hybridized carbons (Fsp3) is 0.222. The van der Waals surface area contributed by atoms with Gasteiger partial charge in [-0.05, 0) is 61.0 Å². The van der Waals surface area contributed by atoms with Gasteiger partial charge in [-0.3, -0.25) is 14.4 Å². The Bertz CT molecular complexity index is 1260. The molecule has 4 rings (SSSR count). The molecule has 0 bridgehead atoms. The molecule has 0 atom stereocenters. The van der Waals surface area contributed by atoms with Gasteiger partial charge in [-0.15, -0.1) is 0 Å². The largest absolute Gasteiger partial charge is 0.497 e. The van der Waals surface area contributed by atoms with Crippen LogP contribution in [0.4, 0.5) is 15.8 Å². The van der Waals surface area contributed by atoms with Crippen LogP contribution in [0.1, 0.15) is 23.2 Å². The summed E-state index contributed by atoms with van der Waals surface area (Å²) in [5, 5.41) is 2.70. The highest BCUT2D eigenvalue weighted by Crippen LogP contribution is 2.33. The SMILES string of the molecule is COc1cccc(OCC(=O)c2ccc3c(c2)N(CCCC(=O)Nc2ccc(F)cc2)C(=O)CO3)c1. The molecule has 186 valence electrons. The lowest BCUT2D eigenvalue weighted by molar-refractivity contribution is -0.121. The quantitative estimate of drug-likeness (QED) is 0.426. The summed E-state index contributed by atoms with van der Waals surface area (Å²) < 4.78 is 29.3. The molecule has 8 nitrogen and oxygen atoms in total. The van der Waals surface area contributed by atoms with Crippen molar-refractivity contribution in [3.8, 4) is 17.2 Å². The van der Waals surface area contributed by atoms with Gasteiger partial charge in [-0.2, -0.15) is 0 Å². The summed E-state index contributed by atoms with van der Waals surface area (Å²) >= 11 is 0. The van der Waals surface area contributed by atoms with E-state index in [0.717, 1.165) is 0 Å². The second kappa shape index (κ2) is 11.4. The van der Waals surface area contributed by atoms with Crippen LogP contribution >= 0.6 is 0 Å². The van der Waals surface area contributed by atoms with Crippen molar-refractivity contribution >= 4 is 29.0 Å². The van der Waals surface area contributed by atoms with Crippen molar-refractivity contribution in [2.24, 2.45) is 0 Å². The van der Waals surface area contributed by atoms with Gasteiger partial charge in [0.15, 0.2) is 19.0 Å². The monoisotopic (exact) mass is 492 g/mol. The Kier molecular flexibility index (Phi) is 7.79. The molecule has 9 heteroatoms. The Morgan fingerprint density at radius 3 is 2.61 bits per heavy atom. The number of hydrogen-bond donors (Lipinski definition) is 1. The fourth-order valence-corrected chi connectivity index (χ4v) is 3.70. The summed E-state index contributed by atoms with van der Waals surface area (Å²) in [4.78, 5) is 39.1. The first-order valence-electron chi connectivity index (χ1n) is 11.4. The molecular formula is C27H25FN2O6. The molecule has 0 saturated carbocycles. The zero-order chi connectivity index (χ0) is 25.5. The Hall–Kier alpha value is -4.40. The number of rotatable bonds is 10. The molecule has 1 aliphatic heterocycles. The first kappa shape index (κ1) is 24.7. The number of carbonyl (C=O) groups excluding carboxylic acids is 3. The van der Waals surface area contributed by atoms with Gasteiger partial charge in [-0.1, -0.05) is 6.07 Å². The van der Waals surface area contributed by atoms with E-state index in [0.29, 0.717) is 40.6 Å². The number of Topliss-reactive ketones (excluding diaryl/α,β-unsaturated/α-hetero) is 1. The topological polar surface area (TPSA) is 94.2 Å². The molecular weight excluding hydrogens is 467 g/mol. The van der Waals surface area contributed by atoms with Crippen molar-refractivity contribution in [3.63, 3.8) is 0 Å². The standard InChI is InChI=1S/C27H25FN2O6/c1-34-21-4-2-5-22(15-21)35-16-24(31)18-7-12-25-23(14-18)30(27(33)17-36-25)13-3-6-26(32)29-20-10-8-19(28)9-11-20/h2,4-5,7-12,14-15H,3,6,13,16-17H2,1H3,(H,29,32). The van der Waals surface area contributed by atoms with E-state index >= 15 is 0 Å². The van der Waals surface area contributed by atoms with E-state index in [2.05, 4.69) is 5.32 Å². The van der Waals surface area contributed by atoms with Crippen molar-refractivity contribution in [2.75, 3.05) is 37.1 Å². The van der Waals surface area contributed by atoms with Crippen LogP contribution in [0.2, 0.25) is 0 Å². The number of methoxy groups -OCH3 is 1. The maximum absolute atomic E-state index is 13.0. The van der Waals surface area contributed by atoms with Crippen LogP contribution in [-0.4, -0.2) is 44.5 Å². The predicted octanol–water partition coefficient (Wildman–Crippen LogP) is 4.24. The van der Waals surface area contributed by atoms with Crippen molar-refractivity contribution in [1.29, 1.82) is 0 Å². The van der Waals surface area contributed by atoms with Gasteiger partial charge in [0.1, 0.15) is 23.1 Å². The molecule has 3 aromatic rings. The number of ketones is 1. The van der Waals surface area contributed by atoms with Gasteiger partial charge < -0.3 is 24.4 Å². The van der Waals surface area contributed by atoms with E-state index in [9.17, 15) is 18.8 Å². The Morgan fingerprint density at radius 1 is 1.06 bits per heavy atom. The van der Waals surface area contributed by atoms with E-state index in [1.165, 1.54) is 29.2 Å². The summed E-state index contributed by atoms with van der Waals surface area (Å²) in [6.07, 6.45) is 0.541. The third-order valence-corrected chi connectivity index (χ3v) is 5.55. The summed E-state index contributed by atoms with van der Waals surface area (Å²) in [5.74, 6) is 0.432. The van der Waals surface area contributed by atoms with Crippen LogP contribution in [-0.2, 0) is 9.59 Å². The van der Waals surface area contributed by atoms with Crippen molar-refractivity contribution in [1.82, 2.24) is 0 Å². The molecule has 1 aliphatic rings. The van der Waals surface area contributed by atoms with Crippen LogP contribution < -0.4 is 24.4 Å². The molecule has 0 spiro atoms. The van der Waals surface area contributed by atoms with Crippen LogP contribution in [0, 0.1) is 5.82 Å². The van der Waals surface area contributed by atoms with Gasteiger partial charge in [-0.25, -0.2) is 4.39 Å². The summed E-state index contributed by atoms with van der Waals surface area (Å²) in [6, 6.07) is 17.3. The highest BCUT2D eigenvalue weighted by molar-refractivity contribution is 6.02. The van der Waals surface area contributed by atoms with Gasteiger partial charge in [0.05, 0.1) is 12.8 Å². The number of hydrogen-bond acceptors (Lipinski definition) is 6. The Morgan fingerprint density at radius 2 is 1.83 bits per heavy atom. The number of nitrogens with one attached hydrogen (secondary N) is 1. The molecule has 1 heterocycles. The lowest BCUT2D eigenvalue weighted by Gasteiger charge is -2.29. The van der Waals surface area contributed by atoms with E-state index in [1.54, 1.807) is 49.6 Å². The average Bonchev–Trinajstić information content (AvgIpc) is 2.89. The smallest absolute Gasteiger partial charge is 0.265 e. The van der Waals surface area contributed by atoms with E-state index < -0.39 is 0 Å². The summed E-state index contributed by atoms with van der Waals surface area (Å²) in [7, 11) is 1.55. The van der Waals surface area contributed by atoms with Crippen molar-refractivity contribution < 1.29 is 33.0 Å². The molecule has 0 aromatic heterocycles. The highest BCUT2D eigenvalue weighted by Gasteiger charge is 2.26. The van der Waals surface area contributed by atoms with Crippen LogP contribution in [0.3, 0.4) is 0 Å². The number of benzene rings is 3. The fourth-order valence-electron chi connectivity index (χ4n) is 3.70. The van der Waals surface area contributed by atoms with Gasteiger partial charge in [0.25, 0.3) is 5.91 Å². The number of nitrogens with zero attached hydrogens (tertiary/aromatic N) is 1. The number of fused-ring (bicyclic) bond motifs is 1. The number of anilines is 2. The summed E-state index contributed by atoms with van der Waals surface area (Å²) in [6.45, 7) is -0.0463. The van der Waals surface area contributed by atoms with E-state index in [-0.39, 0.29) is 49.6 Å². The lowest BCUT2D eigenvalue weighted by atomic mass is 10.1. The molecule has 2 amide bonds. The molecule has 0 aliphatic carbocycles. The molecule has 36 heavy (non-hydrogen) atoms. The van der Waals surface area contributed by atoms with Crippen LogP contribution in [0.15, 0.2) is 66.7 Å². The second-order valence-electron chi connectivity index (χ2n) is 8.07. The predicted molar refractivity (Wildman–Crippen MR) is 131 cm³/mol. The summed E-state index contributed by atoms with van der Waals surface area (Å²) in [5.41, 5.74) is 1.33. The molecule has 0 radical (unpaired) electrons. The normalized spacial score (nSPS) is 12.4. The van der Waals surface area contributed by atoms with Crippen LogP contribution in [0.25, 0.3) is 0 Å². The van der Waals surface area contributed by atoms with Gasteiger partial charge in [0.2, 0.25) is 5.91 Å². The highest BCUT2D eigenvalue weighted by atomic mass is 19.1. The number of amides is 2. The maximum Gasteiger partial charge on any atom is 0.265 e. The Balaban J connectivity index is 1.37. The first-order valence-corrected chi connectivity index (χ1v) is 11.4. The first-order chi connectivity index (χ1) is 17.4. The number of ether oxygens (including phenoxy) is 3. The van der Waals surface area contributed by atoms with Crippen molar-refractivity contribution in [2.45, 2.75) is 12.8 Å². The molecule has 3 aromatic carbocycles. The van der Waals surface area contributed by atoms with Gasteiger partial charge >= 0.3 is 0 Å². The Labute approximate surface area is 207 Å². The zero-order valence-electron chi connectivity index (χ0n) is 19.7. The van der Waals surface area contributed by atoms with E-state index in [1.807, 2.05) is 0 Å². The number of carbonyl (C=O) groups is 3. The number of halogens is 1. The van der Waals surface area contributed by atoms with Gasteiger partial charge in [0, 0.05) is 30.3 Å². The lowest BCUT2D eigenvalue weighted by Crippen LogP contribution is -2.39. The third kappa shape index (κ3) is 6.18. The third-order valence-electron chi connectivity index (χ3n) is 5.55. The molecule has 0 saturated heterocycles. The molecule has 0 fully saturated rings. The second-order valence-corrected chi connectivity index (χ2v) is 8.07. The molecule has 0 unspecified atom stereocenters. The minimum absolute atomic E-state index is 0.124. The molecule has 1 N–H and O–H groups in total. The van der Waals surface area contributed by atoms with E-state index in [4.69, 9.17) is 14.2 Å². The zero-order valence-corrected chi connectivity index (χ0v) is 19.7. The maximum atomic E-state index is 13.0. The minimum atomic E-state index is -0.387. The van der Waals surface area contributed by atoms with Crippen LogP contribution in [0.5, 0.6) is 17.2 Å². The average molecular weight is 493 g/mol. The van der Waals surface area contributed by atoms with Crippen molar-refractivity contribution in [3.05, 3.63) is 78.1 Å².